The molecule has 0 bridgehead atoms. The molecule has 0 saturated heterocycles. The third-order valence-electron chi connectivity index (χ3n) is 2.19. The Bertz CT molecular complexity index is 448. The van der Waals surface area contributed by atoms with Crippen molar-refractivity contribution in [3.63, 3.8) is 0 Å². The van der Waals surface area contributed by atoms with E-state index in [1.54, 1.807) is 26.0 Å². The Labute approximate surface area is 106 Å². The monoisotopic (exact) mass is 271 g/mol. The lowest BCUT2D eigenvalue weighted by atomic mass is 10.1. The Balaban J connectivity index is 2.90. The van der Waals surface area contributed by atoms with Crippen LogP contribution in [0.5, 0.6) is 0 Å². The highest BCUT2D eigenvalue weighted by atomic mass is 31.2. The summed E-state index contributed by atoms with van der Waals surface area (Å²) >= 11 is 0. The van der Waals surface area contributed by atoms with Crippen LogP contribution in [0.1, 0.15) is 29.8 Å². The lowest BCUT2D eigenvalue weighted by Crippen LogP contribution is -2.22. The summed E-state index contributed by atoms with van der Waals surface area (Å²) in [4.78, 5) is 10.7. The molecule has 0 N–H and O–H groups in total. The molecule has 100 valence electrons. The van der Waals surface area contributed by atoms with Crippen LogP contribution in [0.25, 0.3) is 0 Å². The number of carboxylic acids is 1. The van der Waals surface area contributed by atoms with Crippen molar-refractivity contribution in [1.29, 1.82) is 0 Å². The first kappa shape index (κ1) is 14.9. The van der Waals surface area contributed by atoms with Crippen molar-refractivity contribution in [2.24, 2.45) is 0 Å². The van der Waals surface area contributed by atoms with E-state index in [0.29, 0.717) is 5.56 Å². The SMILES string of the molecule is CCOP(=O)(Cc1cccc(C(=O)[O-])c1)OCC. The van der Waals surface area contributed by atoms with Gasteiger partial charge in [0, 0.05) is 0 Å². The molecule has 5 nitrogen and oxygen atoms in total. The van der Waals surface area contributed by atoms with Crippen molar-refractivity contribution >= 4 is 13.6 Å². The van der Waals surface area contributed by atoms with Crippen molar-refractivity contribution in [3.05, 3.63) is 35.4 Å². The fourth-order valence-corrected chi connectivity index (χ4v) is 3.23. The first-order valence-electron chi connectivity index (χ1n) is 5.69. The highest BCUT2D eigenvalue weighted by Crippen LogP contribution is 2.51. The quantitative estimate of drug-likeness (QED) is 0.707. The molecule has 0 spiro atoms. The fourth-order valence-electron chi connectivity index (χ4n) is 1.54. The van der Waals surface area contributed by atoms with Gasteiger partial charge < -0.3 is 18.9 Å². The van der Waals surface area contributed by atoms with Gasteiger partial charge in [-0.3, -0.25) is 4.57 Å². The van der Waals surface area contributed by atoms with Crippen LogP contribution in [0.4, 0.5) is 0 Å². The number of benzene rings is 1. The van der Waals surface area contributed by atoms with Crippen molar-refractivity contribution in [3.8, 4) is 0 Å². The highest BCUT2D eigenvalue weighted by molar-refractivity contribution is 7.53. The van der Waals surface area contributed by atoms with Gasteiger partial charge in [0.25, 0.3) is 0 Å². The van der Waals surface area contributed by atoms with Gasteiger partial charge in [0.15, 0.2) is 0 Å². The van der Waals surface area contributed by atoms with Crippen molar-refractivity contribution in [2.75, 3.05) is 13.2 Å². The normalized spacial score (nSPS) is 11.4. The molecule has 0 fully saturated rings. The molecule has 1 rings (SSSR count). The van der Waals surface area contributed by atoms with Gasteiger partial charge in [0.2, 0.25) is 0 Å². The number of carbonyl (C=O) groups is 1. The lowest BCUT2D eigenvalue weighted by Gasteiger charge is -2.17. The van der Waals surface area contributed by atoms with Crippen molar-refractivity contribution < 1.29 is 23.5 Å². The summed E-state index contributed by atoms with van der Waals surface area (Å²) in [6, 6.07) is 6.09. The van der Waals surface area contributed by atoms with Crippen LogP contribution >= 0.6 is 7.60 Å². The third kappa shape index (κ3) is 4.26. The van der Waals surface area contributed by atoms with Crippen molar-refractivity contribution in [1.82, 2.24) is 0 Å². The number of carbonyl (C=O) groups excluding carboxylic acids is 1. The molecule has 1 aromatic rings. The van der Waals surface area contributed by atoms with E-state index >= 15 is 0 Å². The molecular formula is C12H16O5P-. The van der Waals surface area contributed by atoms with E-state index in [4.69, 9.17) is 9.05 Å². The summed E-state index contributed by atoms with van der Waals surface area (Å²) in [5.74, 6) is -1.26. The zero-order valence-electron chi connectivity index (χ0n) is 10.4. The molecular weight excluding hydrogens is 255 g/mol. The van der Waals surface area contributed by atoms with Gasteiger partial charge in [-0.1, -0.05) is 18.2 Å². The highest BCUT2D eigenvalue weighted by Gasteiger charge is 2.23. The molecule has 1 aromatic carbocycles. The Hall–Kier alpha value is -1.16. The summed E-state index contributed by atoms with van der Waals surface area (Å²) in [5.41, 5.74) is 0.633. The summed E-state index contributed by atoms with van der Waals surface area (Å²) in [7, 11) is -3.20. The van der Waals surface area contributed by atoms with Gasteiger partial charge >= 0.3 is 7.60 Å². The molecule has 0 aliphatic heterocycles. The largest absolute Gasteiger partial charge is 0.545 e. The second kappa shape index (κ2) is 6.69. The van der Waals surface area contributed by atoms with Gasteiger partial charge in [-0.2, -0.15) is 0 Å². The number of hydrogen-bond donors (Lipinski definition) is 0. The van der Waals surface area contributed by atoms with Crippen LogP contribution in [0, 0.1) is 0 Å². The Morgan fingerprint density at radius 1 is 1.28 bits per heavy atom. The Kier molecular flexibility index (Phi) is 5.54. The van der Waals surface area contributed by atoms with Gasteiger partial charge in [-0.05, 0) is 31.0 Å². The first-order chi connectivity index (χ1) is 8.50. The number of hydrogen-bond acceptors (Lipinski definition) is 5. The van der Waals surface area contributed by atoms with E-state index in [-0.39, 0.29) is 24.9 Å². The van der Waals surface area contributed by atoms with E-state index < -0.39 is 13.6 Å². The number of aromatic carboxylic acids is 1. The minimum Gasteiger partial charge on any atom is -0.545 e. The molecule has 0 aromatic heterocycles. The molecule has 0 atom stereocenters. The summed E-state index contributed by atoms with van der Waals surface area (Å²) < 4.78 is 22.5. The van der Waals surface area contributed by atoms with Gasteiger partial charge in [-0.15, -0.1) is 0 Å². The minimum atomic E-state index is -3.20. The van der Waals surface area contributed by atoms with E-state index in [1.165, 1.54) is 12.1 Å². The average Bonchev–Trinajstić information content (AvgIpc) is 2.29. The van der Waals surface area contributed by atoms with E-state index in [1.807, 2.05) is 0 Å². The molecule has 0 aliphatic rings. The van der Waals surface area contributed by atoms with Gasteiger partial charge in [0.1, 0.15) is 0 Å². The van der Waals surface area contributed by atoms with Crippen molar-refractivity contribution in [2.45, 2.75) is 20.0 Å². The summed E-state index contributed by atoms with van der Waals surface area (Å²) in [6.45, 7) is 4.00. The fraction of sp³-hybridized carbons (Fsp3) is 0.417. The van der Waals surface area contributed by atoms with E-state index in [9.17, 15) is 14.5 Å². The predicted octanol–water partition coefficient (Wildman–Crippen LogP) is 1.82. The molecule has 0 saturated carbocycles. The Morgan fingerprint density at radius 3 is 2.39 bits per heavy atom. The maximum atomic E-state index is 12.3. The first-order valence-corrected chi connectivity index (χ1v) is 7.42. The predicted molar refractivity (Wildman–Crippen MR) is 65.3 cm³/mol. The molecule has 0 unspecified atom stereocenters. The number of rotatable bonds is 7. The van der Waals surface area contributed by atoms with Crippen LogP contribution in [-0.2, 0) is 19.8 Å². The van der Waals surface area contributed by atoms with Gasteiger partial charge in [0.05, 0.1) is 25.3 Å². The van der Waals surface area contributed by atoms with Crippen LogP contribution in [0.3, 0.4) is 0 Å². The zero-order chi connectivity index (χ0) is 13.6. The molecule has 0 heterocycles. The smallest absolute Gasteiger partial charge is 0.335 e. The number of carboxylic acid groups (broad SMARTS) is 1. The van der Waals surface area contributed by atoms with Crippen LogP contribution in [0.2, 0.25) is 0 Å². The topological polar surface area (TPSA) is 75.7 Å². The van der Waals surface area contributed by atoms with E-state index in [0.717, 1.165) is 0 Å². The maximum Gasteiger partial charge on any atom is 0.335 e. The molecule has 6 heteroatoms. The summed E-state index contributed by atoms with van der Waals surface area (Å²) in [6.07, 6.45) is 0.0514. The van der Waals surface area contributed by atoms with Gasteiger partial charge in [-0.25, -0.2) is 0 Å². The molecule has 18 heavy (non-hydrogen) atoms. The molecule has 0 amide bonds. The lowest BCUT2D eigenvalue weighted by molar-refractivity contribution is -0.255. The second-order valence-corrected chi connectivity index (χ2v) is 5.65. The average molecular weight is 271 g/mol. The van der Waals surface area contributed by atoms with Crippen LogP contribution < -0.4 is 5.11 Å². The molecule has 0 aliphatic carbocycles. The second-order valence-electron chi connectivity index (χ2n) is 3.59. The minimum absolute atomic E-state index is 0.0482. The van der Waals surface area contributed by atoms with Crippen LogP contribution in [0.15, 0.2) is 24.3 Å². The Morgan fingerprint density at radius 2 is 1.89 bits per heavy atom. The molecule has 0 radical (unpaired) electrons. The maximum absolute atomic E-state index is 12.3. The third-order valence-corrected chi connectivity index (χ3v) is 4.25. The standard InChI is InChI=1S/C12H17O5P/c1-3-16-18(15,17-4-2)9-10-6-5-7-11(8-10)12(13)14/h5-8H,3-4,9H2,1-2H3,(H,13,14)/p-1. The van der Waals surface area contributed by atoms with Crippen LogP contribution in [-0.4, -0.2) is 19.2 Å². The van der Waals surface area contributed by atoms with E-state index in [2.05, 4.69) is 0 Å². The zero-order valence-corrected chi connectivity index (χ0v) is 11.3. The summed E-state index contributed by atoms with van der Waals surface area (Å²) in [5, 5.41) is 10.7.